The first-order valence-corrected chi connectivity index (χ1v) is 8.26. The normalized spacial score (nSPS) is 28.7. The van der Waals surface area contributed by atoms with Crippen molar-refractivity contribution in [1.82, 2.24) is 4.90 Å². The van der Waals surface area contributed by atoms with Gasteiger partial charge >= 0.3 is 0 Å². The molecule has 0 bridgehead atoms. The maximum absolute atomic E-state index is 14.2. The Balaban J connectivity index is 1.75. The van der Waals surface area contributed by atoms with E-state index in [1.165, 1.54) is 12.5 Å². The Morgan fingerprint density at radius 1 is 1.43 bits per heavy atom. The van der Waals surface area contributed by atoms with Gasteiger partial charge in [0.1, 0.15) is 5.82 Å². The highest BCUT2D eigenvalue weighted by Gasteiger charge is 2.38. The number of benzene rings is 1. The van der Waals surface area contributed by atoms with Crippen molar-refractivity contribution < 1.29 is 13.9 Å². The summed E-state index contributed by atoms with van der Waals surface area (Å²) in [5, 5.41) is 8.86. The first kappa shape index (κ1) is 16.4. The van der Waals surface area contributed by atoms with Crippen LogP contribution in [0.5, 0.6) is 0 Å². The standard InChI is InChI=1S/C18H23FN2O2/c1-22-18-4-2-3-15(18)17-12-23-8-7-21(17)11-14-6-5-13(10-20)9-16(14)19/h5-6,9,15,17-18H,2-4,7-8,11-12H2,1H3/t15-,17+,18+/m0/s1. The third-order valence-corrected chi connectivity index (χ3v) is 5.14. The lowest BCUT2D eigenvalue weighted by molar-refractivity contribution is -0.0611. The second-order valence-electron chi connectivity index (χ2n) is 6.40. The maximum Gasteiger partial charge on any atom is 0.129 e. The van der Waals surface area contributed by atoms with E-state index in [0.717, 1.165) is 19.4 Å². The highest BCUT2D eigenvalue weighted by molar-refractivity contribution is 5.32. The van der Waals surface area contributed by atoms with Gasteiger partial charge in [-0.3, -0.25) is 4.90 Å². The van der Waals surface area contributed by atoms with Gasteiger partial charge in [-0.1, -0.05) is 12.5 Å². The molecule has 3 atom stereocenters. The van der Waals surface area contributed by atoms with Gasteiger partial charge in [-0.05, 0) is 25.0 Å². The molecule has 1 aliphatic carbocycles. The number of nitrogens with zero attached hydrogens (tertiary/aromatic N) is 2. The largest absolute Gasteiger partial charge is 0.381 e. The molecule has 4 nitrogen and oxygen atoms in total. The minimum atomic E-state index is -0.302. The van der Waals surface area contributed by atoms with Crippen LogP contribution in [0.2, 0.25) is 0 Å². The molecule has 1 aromatic carbocycles. The van der Waals surface area contributed by atoms with Crippen molar-refractivity contribution in [1.29, 1.82) is 5.26 Å². The molecular formula is C18H23FN2O2. The topological polar surface area (TPSA) is 45.5 Å². The fraction of sp³-hybridized carbons (Fsp3) is 0.611. The smallest absolute Gasteiger partial charge is 0.129 e. The molecule has 0 amide bonds. The van der Waals surface area contributed by atoms with Crippen LogP contribution in [-0.4, -0.2) is 43.9 Å². The number of methoxy groups -OCH3 is 1. The molecule has 2 fully saturated rings. The van der Waals surface area contributed by atoms with Gasteiger partial charge in [0.25, 0.3) is 0 Å². The average Bonchev–Trinajstić information content (AvgIpc) is 3.05. The summed E-state index contributed by atoms with van der Waals surface area (Å²) < 4.78 is 25.5. The Bertz CT molecular complexity index is 587. The molecule has 1 heterocycles. The third kappa shape index (κ3) is 3.55. The second-order valence-corrected chi connectivity index (χ2v) is 6.40. The van der Waals surface area contributed by atoms with Crippen LogP contribution in [-0.2, 0) is 16.0 Å². The molecule has 1 saturated carbocycles. The molecule has 0 unspecified atom stereocenters. The summed E-state index contributed by atoms with van der Waals surface area (Å²) >= 11 is 0. The minimum Gasteiger partial charge on any atom is -0.381 e. The van der Waals surface area contributed by atoms with Crippen LogP contribution in [0.4, 0.5) is 4.39 Å². The van der Waals surface area contributed by atoms with E-state index < -0.39 is 0 Å². The number of nitriles is 1. The summed E-state index contributed by atoms with van der Waals surface area (Å²) in [5.41, 5.74) is 1.00. The first-order valence-electron chi connectivity index (χ1n) is 8.26. The lowest BCUT2D eigenvalue weighted by Crippen LogP contribution is -2.51. The molecule has 0 spiro atoms. The van der Waals surface area contributed by atoms with E-state index in [4.69, 9.17) is 14.7 Å². The van der Waals surface area contributed by atoms with Crippen molar-refractivity contribution in [3.05, 3.63) is 35.1 Å². The van der Waals surface area contributed by atoms with Crippen LogP contribution in [0.25, 0.3) is 0 Å². The van der Waals surface area contributed by atoms with E-state index in [-0.39, 0.29) is 18.0 Å². The highest BCUT2D eigenvalue weighted by Crippen LogP contribution is 2.34. The summed E-state index contributed by atoms with van der Waals surface area (Å²) in [6, 6.07) is 6.97. The third-order valence-electron chi connectivity index (χ3n) is 5.14. The van der Waals surface area contributed by atoms with Crippen molar-refractivity contribution >= 4 is 0 Å². The number of hydrogen-bond donors (Lipinski definition) is 0. The molecule has 124 valence electrons. The van der Waals surface area contributed by atoms with Crippen molar-refractivity contribution in [3.63, 3.8) is 0 Å². The fourth-order valence-corrected chi connectivity index (χ4v) is 3.90. The van der Waals surface area contributed by atoms with E-state index in [9.17, 15) is 4.39 Å². The van der Waals surface area contributed by atoms with Gasteiger partial charge in [-0.2, -0.15) is 5.26 Å². The van der Waals surface area contributed by atoms with Gasteiger partial charge in [0, 0.05) is 37.7 Å². The van der Waals surface area contributed by atoms with Gasteiger partial charge in [0.2, 0.25) is 0 Å². The predicted molar refractivity (Wildman–Crippen MR) is 84.3 cm³/mol. The molecular weight excluding hydrogens is 295 g/mol. The van der Waals surface area contributed by atoms with Crippen molar-refractivity contribution in [2.75, 3.05) is 26.9 Å². The second kappa shape index (κ2) is 7.39. The summed E-state index contributed by atoms with van der Waals surface area (Å²) in [5.74, 6) is 0.144. The van der Waals surface area contributed by atoms with Gasteiger partial charge < -0.3 is 9.47 Å². The van der Waals surface area contributed by atoms with Crippen LogP contribution in [0.15, 0.2) is 18.2 Å². The molecule has 0 N–H and O–H groups in total. The molecule has 0 radical (unpaired) electrons. The SMILES string of the molecule is CO[C@@H]1CCC[C@H]1[C@H]1COCCN1Cc1ccc(C#N)cc1F. The van der Waals surface area contributed by atoms with E-state index in [2.05, 4.69) is 4.90 Å². The predicted octanol–water partition coefficient (Wildman–Crippen LogP) is 2.71. The van der Waals surface area contributed by atoms with Crippen molar-refractivity contribution in [2.45, 2.75) is 38.0 Å². The zero-order valence-electron chi connectivity index (χ0n) is 13.5. The molecule has 5 heteroatoms. The highest BCUT2D eigenvalue weighted by atomic mass is 19.1. The minimum absolute atomic E-state index is 0.270. The van der Waals surface area contributed by atoms with Gasteiger partial charge in [0.05, 0.1) is 31.0 Å². The average molecular weight is 318 g/mol. The molecule has 1 saturated heterocycles. The van der Waals surface area contributed by atoms with Crippen LogP contribution in [0, 0.1) is 23.1 Å². The number of hydrogen-bond acceptors (Lipinski definition) is 4. The monoisotopic (exact) mass is 318 g/mol. The van der Waals surface area contributed by atoms with E-state index >= 15 is 0 Å². The van der Waals surface area contributed by atoms with Gasteiger partial charge in [0.15, 0.2) is 0 Å². The molecule has 1 aliphatic heterocycles. The van der Waals surface area contributed by atoms with Crippen LogP contribution in [0.3, 0.4) is 0 Å². The Morgan fingerprint density at radius 3 is 3.04 bits per heavy atom. The quantitative estimate of drug-likeness (QED) is 0.856. The summed E-state index contributed by atoms with van der Waals surface area (Å²) in [7, 11) is 1.78. The zero-order valence-corrected chi connectivity index (χ0v) is 13.5. The lowest BCUT2D eigenvalue weighted by Gasteiger charge is -2.40. The van der Waals surface area contributed by atoms with E-state index in [1.54, 1.807) is 19.2 Å². The number of rotatable bonds is 4. The first-order chi connectivity index (χ1) is 11.2. The van der Waals surface area contributed by atoms with Crippen molar-refractivity contribution in [3.8, 4) is 6.07 Å². The summed E-state index contributed by atoms with van der Waals surface area (Å²) in [6.45, 7) is 2.72. The Morgan fingerprint density at radius 2 is 2.30 bits per heavy atom. The Hall–Kier alpha value is -1.48. The van der Waals surface area contributed by atoms with Crippen LogP contribution < -0.4 is 0 Å². The molecule has 23 heavy (non-hydrogen) atoms. The van der Waals surface area contributed by atoms with E-state index in [1.807, 2.05) is 6.07 Å². The number of halogens is 1. The fourth-order valence-electron chi connectivity index (χ4n) is 3.90. The molecule has 2 aliphatic rings. The van der Waals surface area contributed by atoms with E-state index in [0.29, 0.717) is 36.8 Å². The van der Waals surface area contributed by atoms with Gasteiger partial charge in [-0.15, -0.1) is 0 Å². The molecule has 0 aromatic heterocycles. The van der Waals surface area contributed by atoms with Gasteiger partial charge in [-0.25, -0.2) is 4.39 Å². The Kier molecular flexibility index (Phi) is 5.27. The van der Waals surface area contributed by atoms with Crippen LogP contribution in [0.1, 0.15) is 30.4 Å². The zero-order chi connectivity index (χ0) is 16.2. The van der Waals surface area contributed by atoms with Crippen molar-refractivity contribution in [2.24, 2.45) is 5.92 Å². The molecule has 1 aromatic rings. The maximum atomic E-state index is 14.2. The number of morpholine rings is 1. The Labute approximate surface area is 136 Å². The molecule has 3 rings (SSSR count). The lowest BCUT2D eigenvalue weighted by atomic mass is 9.93. The summed E-state index contributed by atoms with van der Waals surface area (Å²) in [4.78, 5) is 2.32. The van der Waals surface area contributed by atoms with Crippen LogP contribution >= 0.6 is 0 Å². The number of ether oxygens (including phenoxy) is 2. The summed E-state index contributed by atoms with van der Waals surface area (Å²) in [6.07, 6.45) is 3.68.